The molecule has 0 bridgehead atoms. The van der Waals surface area contributed by atoms with Crippen molar-refractivity contribution in [3.8, 4) is 17.5 Å². The van der Waals surface area contributed by atoms with Crippen LogP contribution in [0.15, 0.2) is 40.6 Å². The van der Waals surface area contributed by atoms with E-state index in [1.807, 2.05) is 30.5 Å². The van der Waals surface area contributed by atoms with E-state index in [1.54, 1.807) is 27.4 Å². The molecule has 140 valence electrons. The number of nitrogens with zero attached hydrogens (tertiary/aromatic N) is 3. The van der Waals surface area contributed by atoms with Crippen LogP contribution < -0.4 is 19.6 Å². The van der Waals surface area contributed by atoms with Crippen LogP contribution in [0.25, 0.3) is 0 Å². The maximum Gasteiger partial charge on any atom is 0.220 e. The first-order valence-electron chi connectivity index (χ1n) is 8.12. The number of rotatable bonds is 9. The van der Waals surface area contributed by atoms with Crippen molar-refractivity contribution in [2.45, 2.75) is 24.3 Å². The van der Waals surface area contributed by atoms with Crippen LogP contribution >= 0.6 is 11.8 Å². The molecular weight excluding hydrogens is 352 g/mol. The molecule has 0 saturated heterocycles. The molecule has 8 heteroatoms. The molecule has 0 saturated carbocycles. The van der Waals surface area contributed by atoms with E-state index < -0.39 is 0 Å². The molecule has 2 rings (SSSR count). The number of hydrogen-bond acceptors (Lipinski definition) is 8. The van der Waals surface area contributed by atoms with Gasteiger partial charge in [-0.25, -0.2) is 0 Å². The molecule has 1 aromatic carbocycles. The molecule has 1 atom stereocenters. The monoisotopic (exact) mass is 376 g/mol. The van der Waals surface area contributed by atoms with Crippen molar-refractivity contribution >= 4 is 23.7 Å². The summed E-state index contributed by atoms with van der Waals surface area (Å²) >= 11 is 1.51. The van der Waals surface area contributed by atoms with Gasteiger partial charge in [0.2, 0.25) is 11.8 Å². The summed E-state index contributed by atoms with van der Waals surface area (Å²) < 4.78 is 15.5. The lowest BCUT2D eigenvalue weighted by Crippen LogP contribution is -2.14. The van der Waals surface area contributed by atoms with E-state index >= 15 is 0 Å². The van der Waals surface area contributed by atoms with Crippen LogP contribution in [-0.2, 0) is 0 Å². The highest BCUT2D eigenvalue weighted by molar-refractivity contribution is 8.00. The minimum Gasteiger partial charge on any atom is -0.497 e. The van der Waals surface area contributed by atoms with Crippen molar-refractivity contribution in [3.63, 3.8) is 0 Å². The molecule has 1 unspecified atom stereocenters. The number of ether oxygens (including phenoxy) is 3. The molecule has 26 heavy (non-hydrogen) atoms. The summed E-state index contributed by atoms with van der Waals surface area (Å²) in [6.45, 7) is 4.24. The predicted octanol–water partition coefficient (Wildman–Crippen LogP) is 3.72. The maximum atomic E-state index is 5.20. The summed E-state index contributed by atoms with van der Waals surface area (Å²) in [5.41, 5.74) is 3.91. The van der Waals surface area contributed by atoms with Gasteiger partial charge in [0.25, 0.3) is 0 Å². The molecule has 0 fully saturated rings. The zero-order valence-corrected chi connectivity index (χ0v) is 16.4. The molecular formula is C18H24N4O3S. The first kappa shape index (κ1) is 19.8. The molecule has 0 aliphatic heterocycles. The predicted molar refractivity (Wildman–Crippen MR) is 105 cm³/mol. The quantitative estimate of drug-likeness (QED) is 0.309. The number of nitrogens with one attached hydrogen (secondary N) is 1. The van der Waals surface area contributed by atoms with Gasteiger partial charge in [-0.15, -0.1) is 0 Å². The van der Waals surface area contributed by atoms with Gasteiger partial charge in [0, 0.05) is 6.21 Å². The van der Waals surface area contributed by atoms with Gasteiger partial charge in [-0.1, -0.05) is 25.6 Å². The lowest BCUT2D eigenvalue weighted by atomic mass is 10.1. The van der Waals surface area contributed by atoms with E-state index in [4.69, 9.17) is 14.2 Å². The minimum atomic E-state index is 0.0811. The molecule has 0 aliphatic carbocycles. The summed E-state index contributed by atoms with van der Waals surface area (Å²) in [4.78, 5) is 8.72. The summed E-state index contributed by atoms with van der Waals surface area (Å²) in [5, 5.41) is 5.01. The molecule has 0 aliphatic rings. The van der Waals surface area contributed by atoms with Gasteiger partial charge in [-0.3, -0.25) is 5.43 Å². The molecule has 1 heterocycles. The number of hydrazone groups is 1. The van der Waals surface area contributed by atoms with Crippen LogP contribution in [0.3, 0.4) is 0 Å². The van der Waals surface area contributed by atoms with Crippen LogP contribution in [0.5, 0.6) is 17.5 Å². The Morgan fingerprint density at radius 1 is 1.00 bits per heavy atom. The molecule has 2 aromatic rings. The summed E-state index contributed by atoms with van der Waals surface area (Å²) in [5.74, 6) is 2.08. The van der Waals surface area contributed by atoms with Gasteiger partial charge in [-0.05, 0) is 30.2 Å². The fourth-order valence-corrected chi connectivity index (χ4v) is 2.88. The number of hydrogen-bond donors (Lipinski definition) is 1. The average Bonchev–Trinajstić information content (AvgIpc) is 2.67. The standard InChI is InChI=1S/C18H24N4O3S/c1-12(2)15(11-19-22-13-6-8-14(23-3)9-7-13)26-18-20-16(24-4)10-17(21-18)25-5/h6-12,15,22H,1-5H3. The topological polar surface area (TPSA) is 77.9 Å². The molecule has 0 spiro atoms. The molecule has 1 aromatic heterocycles. The SMILES string of the molecule is COc1ccc(NN=CC(Sc2nc(OC)cc(OC)n2)C(C)C)cc1. The highest BCUT2D eigenvalue weighted by Gasteiger charge is 2.16. The van der Waals surface area contributed by atoms with Crippen molar-refractivity contribution in [2.75, 3.05) is 26.8 Å². The van der Waals surface area contributed by atoms with Crippen LogP contribution in [0, 0.1) is 5.92 Å². The Labute approximate surface area is 158 Å². The van der Waals surface area contributed by atoms with Gasteiger partial charge >= 0.3 is 0 Å². The van der Waals surface area contributed by atoms with E-state index in [0.29, 0.717) is 22.8 Å². The van der Waals surface area contributed by atoms with Crippen LogP contribution in [0.4, 0.5) is 5.69 Å². The van der Waals surface area contributed by atoms with E-state index in [2.05, 4.69) is 34.3 Å². The molecule has 7 nitrogen and oxygen atoms in total. The number of aromatic nitrogens is 2. The zero-order chi connectivity index (χ0) is 18.9. The van der Waals surface area contributed by atoms with E-state index in [-0.39, 0.29) is 5.25 Å². The van der Waals surface area contributed by atoms with Gasteiger partial charge in [-0.2, -0.15) is 15.1 Å². The first-order chi connectivity index (χ1) is 12.5. The van der Waals surface area contributed by atoms with E-state index in [0.717, 1.165) is 11.4 Å². The number of thioether (sulfide) groups is 1. The van der Waals surface area contributed by atoms with Crippen molar-refractivity contribution < 1.29 is 14.2 Å². The van der Waals surface area contributed by atoms with Crippen molar-refractivity contribution in [3.05, 3.63) is 30.3 Å². The third-order valence-electron chi connectivity index (χ3n) is 3.48. The summed E-state index contributed by atoms with van der Waals surface area (Å²) in [6.07, 6.45) is 1.86. The lowest BCUT2D eigenvalue weighted by Gasteiger charge is -2.15. The van der Waals surface area contributed by atoms with Crippen LogP contribution in [0.1, 0.15) is 13.8 Å². The Kier molecular flexibility index (Phi) is 7.53. The second-order valence-electron chi connectivity index (χ2n) is 5.68. The fraction of sp³-hybridized carbons (Fsp3) is 0.389. The second kappa shape index (κ2) is 9.86. The van der Waals surface area contributed by atoms with Gasteiger partial charge in [0.1, 0.15) is 5.75 Å². The molecule has 0 amide bonds. The van der Waals surface area contributed by atoms with Crippen LogP contribution in [-0.4, -0.2) is 42.8 Å². The van der Waals surface area contributed by atoms with Gasteiger partial charge in [0.15, 0.2) is 5.16 Å². The lowest BCUT2D eigenvalue weighted by molar-refractivity contribution is 0.364. The molecule has 1 N–H and O–H groups in total. The van der Waals surface area contributed by atoms with Crippen molar-refractivity contribution in [2.24, 2.45) is 11.0 Å². The van der Waals surface area contributed by atoms with Crippen LogP contribution in [0.2, 0.25) is 0 Å². The summed E-state index contributed by atoms with van der Waals surface area (Å²) in [6, 6.07) is 9.22. The highest BCUT2D eigenvalue weighted by Crippen LogP contribution is 2.28. The highest BCUT2D eigenvalue weighted by atomic mass is 32.2. The smallest absolute Gasteiger partial charge is 0.220 e. The Morgan fingerprint density at radius 3 is 2.12 bits per heavy atom. The third kappa shape index (κ3) is 5.80. The number of methoxy groups -OCH3 is 3. The first-order valence-corrected chi connectivity index (χ1v) is 9.00. The van der Waals surface area contributed by atoms with E-state index in [9.17, 15) is 0 Å². The van der Waals surface area contributed by atoms with Crippen molar-refractivity contribution in [1.82, 2.24) is 9.97 Å². The Hall–Kier alpha value is -2.48. The zero-order valence-electron chi connectivity index (χ0n) is 15.6. The maximum absolute atomic E-state index is 5.20. The third-order valence-corrected chi connectivity index (χ3v) is 4.81. The Morgan fingerprint density at radius 2 is 1.62 bits per heavy atom. The normalized spacial score (nSPS) is 12.2. The largest absolute Gasteiger partial charge is 0.497 e. The number of anilines is 1. The van der Waals surface area contributed by atoms with E-state index in [1.165, 1.54) is 11.8 Å². The average molecular weight is 376 g/mol. The Bertz CT molecular complexity index is 701. The van der Waals surface area contributed by atoms with Crippen molar-refractivity contribution in [1.29, 1.82) is 0 Å². The minimum absolute atomic E-state index is 0.0811. The molecule has 0 radical (unpaired) electrons. The van der Waals surface area contributed by atoms with Gasteiger partial charge in [0.05, 0.1) is 38.3 Å². The summed E-state index contributed by atoms with van der Waals surface area (Å²) in [7, 11) is 4.77. The Balaban J connectivity index is 2.06. The second-order valence-corrected chi connectivity index (χ2v) is 6.83. The van der Waals surface area contributed by atoms with Gasteiger partial charge < -0.3 is 14.2 Å². The number of benzene rings is 1. The fourth-order valence-electron chi connectivity index (χ4n) is 1.96.